The van der Waals surface area contributed by atoms with Crippen molar-refractivity contribution < 1.29 is 9.53 Å². The van der Waals surface area contributed by atoms with Crippen LogP contribution in [-0.4, -0.2) is 10.9 Å². The third-order valence-corrected chi connectivity index (χ3v) is 4.54. The highest BCUT2D eigenvalue weighted by Crippen LogP contribution is 2.23. The van der Waals surface area contributed by atoms with Gasteiger partial charge in [-0.2, -0.15) is 5.26 Å². The number of aromatic nitrogens is 1. The van der Waals surface area contributed by atoms with Crippen LogP contribution in [0, 0.1) is 25.2 Å². The van der Waals surface area contributed by atoms with Crippen molar-refractivity contribution in [3.8, 4) is 11.8 Å². The second-order valence-corrected chi connectivity index (χ2v) is 6.52. The summed E-state index contributed by atoms with van der Waals surface area (Å²) in [4.78, 5) is 16.9. The summed E-state index contributed by atoms with van der Waals surface area (Å²) < 4.78 is 5.85. The quantitative estimate of drug-likeness (QED) is 0.489. The van der Waals surface area contributed by atoms with Crippen molar-refractivity contribution in [3.63, 3.8) is 0 Å². The van der Waals surface area contributed by atoms with Crippen LogP contribution in [0.2, 0.25) is 0 Å². The largest absolute Gasteiger partial charge is 0.487 e. The van der Waals surface area contributed by atoms with E-state index in [0.29, 0.717) is 23.6 Å². The van der Waals surface area contributed by atoms with Gasteiger partial charge in [-0.3, -0.25) is 9.78 Å². The number of nitrogens with zero attached hydrogens (tertiary/aromatic N) is 2. The Kier molecular flexibility index (Phi) is 6.39. The van der Waals surface area contributed by atoms with Crippen LogP contribution in [-0.2, 0) is 11.4 Å². The van der Waals surface area contributed by atoms with E-state index in [1.165, 1.54) is 6.08 Å². The number of hydrogen-bond acceptors (Lipinski definition) is 4. The van der Waals surface area contributed by atoms with Crippen LogP contribution in [0.4, 0.5) is 5.69 Å². The molecule has 0 saturated heterocycles. The summed E-state index contributed by atoms with van der Waals surface area (Å²) in [5.41, 5.74) is 4.17. The number of carbonyl (C=O) groups is 1. The van der Waals surface area contributed by atoms with E-state index in [2.05, 4.69) is 10.3 Å². The fraction of sp³-hybridized carbons (Fsp3) is 0.125. The number of hydrogen-bond donors (Lipinski definition) is 1. The van der Waals surface area contributed by atoms with Gasteiger partial charge in [0.25, 0.3) is 5.91 Å². The lowest BCUT2D eigenvalue weighted by Gasteiger charge is -2.11. The zero-order valence-corrected chi connectivity index (χ0v) is 16.3. The van der Waals surface area contributed by atoms with Crippen molar-refractivity contribution in [3.05, 3.63) is 94.8 Å². The van der Waals surface area contributed by atoms with E-state index in [1.807, 2.05) is 68.4 Å². The lowest BCUT2D eigenvalue weighted by molar-refractivity contribution is -0.112. The predicted molar refractivity (Wildman–Crippen MR) is 113 cm³/mol. The fourth-order valence-electron chi connectivity index (χ4n) is 2.75. The number of nitriles is 1. The van der Waals surface area contributed by atoms with E-state index in [9.17, 15) is 10.1 Å². The number of anilines is 1. The van der Waals surface area contributed by atoms with E-state index in [1.54, 1.807) is 18.3 Å². The van der Waals surface area contributed by atoms with Crippen LogP contribution in [0.5, 0.6) is 5.75 Å². The molecule has 29 heavy (non-hydrogen) atoms. The molecule has 1 N–H and O–H groups in total. The first-order valence-electron chi connectivity index (χ1n) is 9.19. The number of aryl methyl sites for hydroxylation is 1. The Balaban J connectivity index is 1.81. The molecule has 5 heteroatoms. The van der Waals surface area contributed by atoms with Crippen molar-refractivity contribution in [1.29, 1.82) is 5.26 Å². The van der Waals surface area contributed by atoms with Crippen molar-refractivity contribution >= 4 is 17.7 Å². The Labute approximate surface area is 170 Å². The van der Waals surface area contributed by atoms with Gasteiger partial charge in [-0.05, 0) is 55.3 Å². The first-order valence-corrected chi connectivity index (χ1v) is 9.19. The van der Waals surface area contributed by atoms with Crippen LogP contribution < -0.4 is 10.1 Å². The normalized spacial score (nSPS) is 10.9. The van der Waals surface area contributed by atoms with Crippen molar-refractivity contribution in [2.75, 3.05) is 5.32 Å². The van der Waals surface area contributed by atoms with Gasteiger partial charge >= 0.3 is 0 Å². The second-order valence-electron chi connectivity index (χ2n) is 6.52. The number of carbonyl (C=O) groups excluding carboxylic acids is 1. The van der Waals surface area contributed by atoms with Crippen molar-refractivity contribution in [2.45, 2.75) is 20.5 Å². The standard InChI is InChI=1S/C24H21N3O2/c1-17-8-7-11-22(18(17)2)27-24(28)20(15-25)14-19-9-3-4-12-23(19)29-16-21-10-5-6-13-26-21/h3-14H,16H2,1-2H3,(H,27,28)/b20-14+. The molecule has 0 atom stereocenters. The first kappa shape index (κ1) is 19.8. The van der Waals surface area contributed by atoms with E-state index in [0.717, 1.165) is 16.8 Å². The average molecular weight is 383 g/mol. The van der Waals surface area contributed by atoms with Crippen LogP contribution in [0.1, 0.15) is 22.4 Å². The number of benzene rings is 2. The van der Waals surface area contributed by atoms with E-state index in [4.69, 9.17) is 4.74 Å². The third-order valence-electron chi connectivity index (χ3n) is 4.54. The number of amides is 1. The molecule has 0 aliphatic heterocycles. The molecular formula is C24H21N3O2. The molecule has 0 radical (unpaired) electrons. The molecular weight excluding hydrogens is 362 g/mol. The number of pyridine rings is 1. The highest BCUT2D eigenvalue weighted by molar-refractivity contribution is 6.10. The maximum Gasteiger partial charge on any atom is 0.266 e. The summed E-state index contributed by atoms with van der Waals surface area (Å²) in [6.45, 7) is 4.20. The molecule has 0 aliphatic rings. The molecule has 1 amide bonds. The fourth-order valence-corrected chi connectivity index (χ4v) is 2.75. The molecule has 1 aromatic heterocycles. The summed E-state index contributed by atoms with van der Waals surface area (Å²) in [5.74, 6) is 0.117. The maximum absolute atomic E-state index is 12.6. The van der Waals surface area contributed by atoms with Crippen molar-refractivity contribution in [1.82, 2.24) is 4.98 Å². The maximum atomic E-state index is 12.6. The molecule has 0 fully saturated rings. The molecule has 1 heterocycles. The van der Waals surface area contributed by atoms with Gasteiger partial charge in [0, 0.05) is 17.4 Å². The highest BCUT2D eigenvalue weighted by Gasteiger charge is 2.13. The third kappa shape index (κ3) is 5.08. The Bertz CT molecular complexity index is 1080. The molecule has 2 aromatic carbocycles. The molecule has 5 nitrogen and oxygen atoms in total. The van der Waals surface area contributed by atoms with Gasteiger partial charge in [0.15, 0.2) is 0 Å². The highest BCUT2D eigenvalue weighted by atomic mass is 16.5. The summed E-state index contributed by atoms with van der Waals surface area (Å²) in [6.07, 6.45) is 3.24. The van der Waals surface area contributed by atoms with Crippen molar-refractivity contribution in [2.24, 2.45) is 0 Å². The van der Waals surface area contributed by atoms with E-state index in [-0.39, 0.29) is 5.57 Å². The van der Waals surface area contributed by atoms with Gasteiger partial charge in [0.1, 0.15) is 24.0 Å². The monoisotopic (exact) mass is 383 g/mol. The minimum atomic E-state index is -0.458. The summed E-state index contributed by atoms with van der Waals surface area (Å²) in [7, 11) is 0. The Morgan fingerprint density at radius 1 is 1.10 bits per heavy atom. The molecule has 0 unspecified atom stereocenters. The summed E-state index contributed by atoms with van der Waals surface area (Å²) >= 11 is 0. The minimum Gasteiger partial charge on any atom is -0.487 e. The van der Waals surface area contributed by atoms with Crippen LogP contribution >= 0.6 is 0 Å². The minimum absolute atomic E-state index is 0.000192. The predicted octanol–water partition coefficient (Wildman–Crippen LogP) is 4.82. The van der Waals surface area contributed by atoms with Gasteiger partial charge in [-0.15, -0.1) is 0 Å². The Morgan fingerprint density at radius 3 is 2.66 bits per heavy atom. The van der Waals surface area contributed by atoms with Crippen LogP contribution in [0.15, 0.2) is 72.4 Å². The smallest absolute Gasteiger partial charge is 0.266 e. The van der Waals surface area contributed by atoms with Gasteiger partial charge in [0.2, 0.25) is 0 Å². The topological polar surface area (TPSA) is 75.0 Å². The van der Waals surface area contributed by atoms with Crippen LogP contribution in [0.3, 0.4) is 0 Å². The molecule has 0 saturated carbocycles. The number of rotatable bonds is 6. The number of ether oxygens (including phenoxy) is 1. The Hall–Kier alpha value is -3.91. The van der Waals surface area contributed by atoms with Crippen LogP contribution in [0.25, 0.3) is 6.08 Å². The van der Waals surface area contributed by atoms with Gasteiger partial charge < -0.3 is 10.1 Å². The zero-order chi connectivity index (χ0) is 20.6. The lowest BCUT2D eigenvalue weighted by atomic mass is 10.1. The van der Waals surface area contributed by atoms with Gasteiger partial charge in [0.05, 0.1) is 5.69 Å². The molecule has 3 rings (SSSR count). The molecule has 0 aliphatic carbocycles. The average Bonchev–Trinajstić information content (AvgIpc) is 2.75. The summed E-state index contributed by atoms with van der Waals surface area (Å²) in [6, 6.07) is 20.5. The zero-order valence-electron chi connectivity index (χ0n) is 16.3. The SMILES string of the molecule is Cc1cccc(NC(=O)/C(C#N)=C/c2ccccc2OCc2ccccn2)c1C. The molecule has 144 valence electrons. The summed E-state index contributed by atoms with van der Waals surface area (Å²) in [5, 5.41) is 12.3. The van der Waals surface area contributed by atoms with E-state index >= 15 is 0 Å². The second kappa shape index (κ2) is 9.34. The number of para-hydroxylation sites is 1. The number of nitrogens with one attached hydrogen (secondary N) is 1. The first-order chi connectivity index (χ1) is 14.1. The Morgan fingerprint density at radius 2 is 1.90 bits per heavy atom. The molecule has 0 bridgehead atoms. The molecule has 3 aromatic rings. The van der Waals surface area contributed by atoms with E-state index < -0.39 is 5.91 Å². The van der Waals surface area contributed by atoms with Gasteiger partial charge in [-0.1, -0.05) is 36.4 Å². The lowest BCUT2D eigenvalue weighted by Crippen LogP contribution is -2.14. The van der Waals surface area contributed by atoms with Gasteiger partial charge in [-0.25, -0.2) is 0 Å². The molecule has 0 spiro atoms.